The Morgan fingerprint density at radius 2 is 2.06 bits per heavy atom. The zero-order valence-corrected chi connectivity index (χ0v) is 10.5. The molecule has 0 aromatic carbocycles. The van der Waals surface area contributed by atoms with Crippen molar-refractivity contribution >= 4 is 0 Å². The van der Waals surface area contributed by atoms with Gasteiger partial charge in [0.2, 0.25) is 0 Å². The van der Waals surface area contributed by atoms with Crippen molar-refractivity contribution in [1.82, 2.24) is 10.3 Å². The predicted molar refractivity (Wildman–Crippen MR) is 70.0 cm³/mol. The molecule has 2 heteroatoms. The summed E-state index contributed by atoms with van der Waals surface area (Å²) < 4.78 is 0. The largest absolute Gasteiger partial charge is 0.316 e. The van der Waals surface area contributed by atoms with Crippen molar-refractivity contribution in [2.75, 3.05) is 13.1 Å². The number of aromatic nitrogens is 1. The second kappa shape index (κ2) is 4.77. The van der Waals surface area contributed by atoms with Crippen LogP contribution in [0.15, 0.2) is 24.4 Å². The molecule has 2 nitrogen and oxygen atoms in total. The molecule has 2 fully saturated rings. The van der Waals surface area contributed by atoms with Gasteiger partial charge in [-0.05, 0) is 50.4 Å². The number of hydrogen-bond donors (Lipinski definition) is 1. The normalized spacial score (nSPS) is 28.1. The molecule has 1 aliphatic carbocycles. The maximum atomic E-state index is 4.69. The van der Waals surface area contributed by atoms with Crippen molar-refractivity contribution in [1.29, 1.82) is 0 Å². The third-order valence-electron chi connectivity index (χ3n) is 4.76. The van der Waals surface area contributed by atoms with Crippen LogP contribution in [0.1, 0.15) is 44.2 Å². The fraction of sp³-hybridized carbons (Fsp3) is 0.667. The minimum Gasteiger partial charge on any atom is -0.316 e. The van der Waals surface area contributed by atoms with Gasteiger partial charge in [0.25, 0.3) is 0 Å². The standard InChI is InChI=1S/C15H22N2/c1-3-8-15(9-4-1,13-7-11-16-12-13)14-6-2-5-10-17-14/h2,5-6,10,13,16H,1,3-4,7-9,11-12H2. The second-order valence-electron chi connectivity index (χ2n) is 5.62. The lowest BCUT2D eigenvalue weighted by molar-refractivity contribution is 0.196. The van der Waals surface area contributed by atoms with E-state index in [1.165, 1.54) is 57.3 Å². The highest BCUT2D eigenvalue weighted by Crippen LogP contribution is 2.46. The molecule has 0 radical (unpaired) electrons. The maximum Gasteiger partial charge on any atom is 0.0468 e. The van der Waals surface area contributed by atoms with Crippen LogP contribution in [0.4, 0.5) is 0 Å². The number of rotatable bonds is 2. The Morgan fingerprint density at radius 1 is 1.18 bits per heavy atom. The first-order valence-corrected chi connectivity index (χ1v) is 7.04. The van der Waals surface area contributed by atoms with Crippen molar-refractivity contribution in [3.05, 3.63) is 30.1 Å². The van der Waals surface area contributed by atoms with E-state index in [0.717, 1.165) is 5.92 Å². The topological polar surface area (TPSA) is 24.9 Å². The molecule has 1 aromatic heterocycles. The van der Waals surface area contributed by atoms with E-state index < -0.39 is 0 Å². The van der Waals surface area contributed by atoms with Crippen molar-refractivity contribution in [2.24, 2.45) is 5.92 Å². The molecular formula is C15H22N2. The highest BCUT2D eigenvalue weighted by molar-refractivity contribution is 5.20. The first-order chi connectivity index (χ1) is 8.42. The summed E-state index contributed by atoms with van der Waals surface area (Å²) >= 11 is 0. The Bertz CT molecular complexity index is 348. The summed E-state index contributed by atoms with van der Waals surface area (Å²) in [7, 11) is 0. The van der Waals surface area contributed by atoms with Gasteiger partial charge < -0.3 is 5.32 Å². The molecular weight excluding hydrogens is 208 g/mol. The van der Waals surface area contributed by atoms with E-state index in [4.69, 9.17) is 4.98 Å². The lowest BCUT2D eigenvalue weighted by Crippen LogP contribution is -2.39. The molecule has 0 bridgehead atoms. The van der Waals surface area contributed by atoms with E-state index in [2.05, 4.69) is 17.4 Å². The summed E-state index contributed by atoms with van der Waals surface area (Å²) in [6, 6.07) is 6.44. The van der Waals surface area contributed by atoms with Crippen LogP contribution in [0.25, 0.3) is 0 Å². The number of hydrogen-bond acceptors (Lipinski definition) is 2. The van der Waals surface area contributed by atoms with E-state index in [9.17, 15) is 0 Å². The van der Waals surface area contributed by atoms with Gasteiger partial charge in [-0.15, -0.1) is 0 Å². The van der Waals surface area contributed by atoms with Crippen molar-refractivity contribution in [3.8, 4) is 0 Å². The molecule has 2 heterocycles. The summed E-state index contributed by atoms with van der Waals surface area (Å²) in [5, 5.41) is 3.54. The lowest BCUT2D eigenvalue weighted by atomic mass is 9.63. The van der Waals surface area contributed by atoms with Crippen LogP contribution in [-0.4, -0.2) is 18.1 Å². The maximum absolute atomic E-state index is 4.69. The SMILES string of the molecule is c1ccc(C2(C3CCNC3)CCCCC2)nc1. The van der Waals surface area contributed by atoms with Gasteiger partial charge in [-0.2, -0.15) is 0 Å². The average molecular weight is 230 g/mol. The molecule has 0 amide bonds. The predicted octanol–water partition coefficient (Wildman–Crippen LogP) is 2.89. The summed E-state index contributed by atoms with van der Waals surface area (Å²) in [6.07, 6.45) is 10.2. The van der Waals surface area contributed by atoms with E-state index in [1.807, 2.05) is 12.3 Å². The first kappa shape index (κ1) is 11.2. The van der Waals surface area contributed by atoms with E-state index >= 15 is 0 Å². The summed E-state index contributed by atoms with van der Waals surface area (Å²) in [5.74, 6) is 0.803. The Hall–Kier alpha value is -0.890. The molecule has 1 aromatic rings. The van der Waals surface area contributed by atoms with Crippen LogP contribution in [0.3, 0.4) is 0 Å². The van der Waals surface area contributed by atoms with Gasteiger partial charge in [0.1, 0.15) is 0 Å². The average Bonchev–Trinajstić information content (AvgIpc) is 2.95. The van der Waals surface area contributed by atoms with Crippen LogP contribution in [0.2, 0.25) is 0 Å². The van der Waals surface area contributed by atoms with Crippen molar-refractivity contribution in [3.63, 3.8) is 0 Å². The van der Waals surface area contributed by atoms with Crippen molar-refractivity contribution in [2.45, 2.75) is 43.9 Å². The van der Waals surface area contributed by atoms with E-state index in [0.29, 0.717) is 5.41 Å². The quantitative estimate of drug-likeness (QED) is 0.845. The highest BCUT2D eigenvalue weighted by Gasteiger charge is 2.43. The Balaban J connectivity index is 1.95. The first-order valence-electron chi connectivity index (χ1n) is 7.04. The Morgan fingerprint density at radius 3 is 2.71 bits per heavy atom. The summed E-state index contributed by atoms with van der Waals surface area (Å²) in [4.78, 5) is 4.69. The minimum atomic E-state index is 0.378. The van der Waals surface area contributed by atoms with Crippen LogP contribution in [0.5, 0.6) is 0 Å². The zero-order valence-electron chi connectivity index (χ0n) is 10.5. The second-order valence-corrected chi connectivity index (χ2v) is 5.62. The fourth-order valence-electron chi connectivity index (χ4n) is 3.84. The number of nitrogens with one attached hydrogen (secondary N) is 1. The number of pyridine rings is 1. The smallest absolute Gasteiger partial charge is 0.0468 e. The molecule has 1 aliphatic heterocycles. The number of nitrogens with zero attached hydrogens (tertiary/aromatic N) is 1. The third-order valence-corrected chi connectivity index (χ3v) is 4.76. The molecule has 1 unspecified atom stereocenters. The van der Waals surface area contributed by atoms with Crippen LogP contribution in [-0.2, 0) is 5.41 Å². The highest BCUT2D eigenvalue weighted by atomic mass is 14.9. The van der Waals surface area contributed by atoms with Gasteiger partial charge in [-0.1, -0.05) is 25.3 Å². The molecule has 1 atom stereocenters. The third kappa shape index (κ3) is 1.99. The molecule has 92 valence electrons. The fourth-order valence-corrected chi connectivity index (χ4v) is 3.84. The van der Waals surface area contributed by atoms with E-state index in [1.54, 1.807) is 0 Å². The molecule has 1 saturated heterocycles. The van der Waals surface area contributed by atoms with Crippen LogP contribution < -0.4 is 5.32 Å². The lowest BCUT2D eigenvalue weighted by Gasteiger charge is -2.41. The van der Waals surface area contributed by atoms with Crippen LogP contribution >= 0.6 is 0 Å². The molecule has 1 saturated carbocycles. The Labute approximate surface area is 104 Å². The van der Waals surface area contributed by atoms with Gasteiger partial charge in [-0.25, -0.2) is 0 Å². The van der Waals surface area contributed by atoms with Crippen LogP contribution in [0, 0.1) is 5.92 Å². The van der Waals surface area contributed by atoms with Gasteiger partial charge in [0.15, 0.2) is 0 Å². The molecule has 2 aliphatic rings. The van der Waals surface area contributed by atoms with E-state index in [-0.39, 0.29) is 0 Å². The molecule has 1 N–H and O–H groups in total. The van der Waals surface area contributed by atoms with Gasteiger partial charge >= 0.3 is 0 Å². The molecule has 0 spiro atoms. The van der Waals surface area contributed by atoms with Gasteiger partial charge in [-0.3, -0.25) is 4.98 Å². The minimum absolute atomic E-state index is 0.378. The summed E-state index contributed by atoms with van der Waals surface area (Å²) in [6.45, 7) is 2.38. The van der Waals surface area contributed by atoms with Gasteiger partial charge in [0, 0.05) is 17.3 Å². The molecule has 3 rings (SSSR count). The Kier molecular flexibility index (Phi) is 3.15. The van der Waals surface area contributed by atoms with Crippen molar-refractivity contribution < 1.29 is 0 Å². The monoisotopic (exact) mass is 230 g/mol. The zero-order chi connectivity index (χ0) is 11.6. The molecule has 17 heavy (non-hydrogen) atoms. The summed E-state index contributed by atoms with van der Waals surface area (Å²) in [5.41, 5.74) is 1.73. The van der Waals surface area contributed by atoms with Gasteiger partial charge in [0.05, 0.1) is 0 Å².